The standard InChI is InChI=1S/C54H34N4O2/c1-3-15-36(16-4-1)41-23-14-24-42(37-17-5-2-6-18-37)53(41)57-35-56(47-30-31-50-52(54(47)57)45-22-8-10-26-49(45)60-50)38-19-13-20-39(33-38)59-40-28-29-44-43-21-7-9-25-46(43)58(48(44)34-40)51-27-11-12-32-55-51/h1-34H/q+2. The van der Waals surface area contributed by atoms with Crippen molar-refractivity contribution in [3.05, 3.63) is 206 Å². The number of nitrogens with zero attached hydrogens (tertiary/aromatic N) is 4. The topological polar surface area (TPSA) is 46.2 Å². The van der Waals surface area contributed by atoms with Crippen LogP contribution in [0.15, 0.2) is 211 Å². The van der Waals surface area contributed by atoms with Crippen LogP contribution in [0.4, 0.5) is 22.7 Å². The van der Waals surface area contributed by atoms with Gasteiger partial charge in [-0.05, 0) is 80.9 Å². The Bertz CT molecular complexity index is 3490. The lowest BCUT2D eigenvalue weighted by Gasteiger charge is -2.10. The third-order valence-corrected chi connectivity index (χ3v) is 11.4. The van der Waals surface area contributed by atoms with Crippen LogP contribution in [0.3, 0.4) is 0 Å². The van der Waals surface area contributed by atoms with Crippen LogP contribution in [0.2, 0.25) is 0 Å². The number of hydrogen-bond acceptors (Lipinski definition) is 3. The summed E-state index contributed by atoms with van der Waals surface area (Å²) in [6.45, 7) is 0. The highest BCUT2D eigenvalue weighted by molar-refractivity contribution is 6.16. The molecule has 1 aliphatic heterocycles. The molecule has 0 aliphatic carbocycles. The van der Waals surface area contributed by atoms with Gasteiger partial charge in [-0.2, -0.15) is 0 Å². The Kier molecular flexibility index (Phi) is 7.70. The maximum atomic E-state index is 6.73. The highest BCUT2D eigenvalue weighted by Gasteiger charge is 2.42. The second kappa shape index (κ2) is 13.7. The van der Waals surface area contributed by atoms with Gasteiger partial charge in [0.05, 0.1) is 28.2 Å². The van der Waals surface area contributed by atoms with E-state index in [1.807, 2.05) is 54.7 Å². The second-order valence-corrected chi connectivity index (χ2v) is 14.9. The molecule has 0 radical (unpaired) electrons. The predicted octanol–water partition coefficient (Wildman–Crippen LogP) is 14.1. The van der Waals surface area contributed by atoms with E-state index in [0.29, 0.717) is 5.75 Å². The van der Waals surface area contributed by atoms with Crippen molar-refractivity contribution in [2.75, 3.05) is 0 Å². The van der Waals surface area contributed by atoms with Crippen molar-refractivity contribution < 1.29 is 9.15 Å². The summed E-state index contributed by atoms with van der Waals surface area (Å²) in [5.74, 6) is 2.29. The minimum Gasteiger partial charge on any atom is -0.457 e. The Morgan fingerprint density at radius 3 is 1.95 bits per heavy atom. The number of pyridine rings is 1. The summed E-state index contributed by atoms with van der Waals surface area (Å²) < 4.78 is 19.8. The maximum Gasteiger partial charge on any atom is 0.503 e. The van der Waals surface area contributed by atoms with Gasteiger partial charge in [0.15, 0.2) is 0 Å². The lowest BCUT2D eigenvalue weighted by Crippen LogP contribution is -2.04. The number of furan rings is 1. The largest absolute Gasteiger partial charge is 0.503 e. The minimum atomic E-state index is 0.707. The maximum absolute atomic E-state index is 6.73. The molecule has 0 fully saturated rings. The number of aromatic nitrogens is 2. The van der Waals surface area contributed by atoms with E-state index in [4.69, 9.17) is 14.1 Å². The fourth-order valence-electron chi connectivity index (χ4n) is 8.81. The second-order valence-electron chi connectivity index (χ2n) is 14.9. The van der Waals surface area contributed by atoms with E-state index in [0.717, 1.165) is 94.9 Å². The summed E-state index contributed by atoms with van der Waals surface area (Å²) in [4.78, 5) is 4.71. The van der Waals surface area contributed by atoms with Gasteiger partial charge in [-0.25, -0.2) is 4.98 Å². The summed E-state index contributed by atoms with van der Waals surface area (Å²) in [5.41, 5.74) is 12.1. The summed E-state index contributed by atoms with van der Waals surface area (Å²) in [6.07, 6.45) is 1.83. The van der Waals surface area contributed by atoms with Gasteiger partial charge in [0.25, 0.3) is 5.69 Å². The molecule has 1 aliphatic rings. The van der Waals surface area contributed by atoms with E-state index in [1.54, 1.807) is 0 Å². The van der Waals surface area contributed by atoms with Gasteiger partial charge in [-0.3, -0.25) is 4.57 Å². The van der Waals surface area contributed by atoms with E-state index < -0.39 is 0 Å². The number of fused-ring (bicyclic) bond motifs is 8. The van der Waals surface area contributed by atoms with E-state index in [-0.39, 0.29) is 0 Å². The average molecular weight is 771 g/mol. The molecule has 280 valence electrons. The molecule has 6 heteroatoms. The van der Waals surface area contributed by atoms with Crippen molar-refractivity contribution in [2.45, 2.75) is 0 Å². The Labute approximate surface area is 345 Å². The van der Waals surface area contributed by atoms with Crippen molar-refractivity contribution in [1.29, 1.82) is 0 Å². The number of para-hydroxylation sites is 3. The van der Waals surface area contributed by atoms with Gasteiger partial charge in [-0.1, -0.05) is 115 Å². The predicted molar refractivity (Wildman–Crippen MR) is 244 cm³/mol. The van der Waals surface area contributed by atoms with Crippen LogP contribution in [0.25, 0.3) is 71.8 Å². The first-order chi connectivity index (χ1) is 29.8. The van der Waals surface area contributed by atoms with Gasteiger partial charge in [0.2, 0.25) is 11.4 Å². The molecular weight excluding hydrogens is 737 g/mol. The first kappa shape index (κ1) is 33.8. The molecule has 11 aromatic rings. The fraction of sp³-hybridized carbons (Fsp3) is 0. The summed E-state index contributed by atoms with van der Waals surface area (Å²) in [7, 11) is 0. The number of hydrogen-bond donors (Lipinski definition) is 0. The van der Waals surface area contributed by atoms with Crippen molar-refractivity contribution in [1.82, 2.24) is 18.7 Å². The van der Waals surface area contributed by atoms with Gasteiger partial charge in [0.1, 0.15) is 33.9 Å². The first-order valence-electron chi connectivity index (χ1n) is 20.0. The number of rotatable bonds is 7. The summed E-state index contributed by atoms with van der Waals surface area (Å²) in [6, 6.07) is 73.0. The molecule has 0 bridgehead atoms. The van der Waals surface area contributed by atoms with E-state index in [2.05, 4.69) is 171 Å². The molecular formula is C54H34N4O2+2. The average Bonchev–Trinajstić information content (AvgIpc) is 3.99. The molecule has 0 saturated carbocycles. The van der Waals surface area contributed by atoms with Crippen LogP contribution in [0.1, 0.15) is 0 Å². The van der Waals surface area contributed by atoms with E-state index in [1.165, 1.54) is 5.39 Å². The summed E-state index contributed by atoms with van der Waals surface area (Å²) in [5, 5.41) is 4.38. The highest BCUT2D eigenvalue weighted by Crippen LogP contribution is 2.49. The lowest BCUT2D eigenvalue weighted by molar-refractivity contribution is 0.483. The number of benzene rings is 8. The Balaban J connectivity index is 1.06. The molecule has 12 rings (SSSR count). The Morgan fingerprint density at radius 2 is 1.17 bits per heavy atom. The zero-order valence-corrected chi connectivity index (χ0v) is 32.2. The summed E-state index contributed by atoms with van der Waals surface area (Å²) >= 11 is 0. The molecule has 0 atom stereocenters. The van der Waals surface area contributed by atoms with Crippen LogP contribution in [0, 0.1) is 0 Å². The number of ether oxygens (including phenoxy) is 1. The Hall–Kier alpha value is -8.31. The zero-order chi connectivity index (χ0) is 39.6. The molecule has 3 aromatic heterocycles. The zero-order valence-electron chi connectivity index (χ0n) is 32.2. The molecule has 8 aromatic carbocycles. The third kappa shape index (κ3) is 5.40. The molecule has 6 nitrogen and oxygen atoms in total. The minimum absolute atomic E-state index is 0.707. The van der Waals surface area contributed by atoms with Gasteiger partial charge in [-0.15, -0.1) is 0 Å². The van der Waals surface area contributed by atoms with E-state index in [9.17, 15) is 0 Å². The van der Waals surface area contributed by atoms with Crippen molar-refractivity contribution in [2.24, 2.45) is 0 Å². The van der Waals surface area contributed by atoms with Crippen LogP contribution in [-0.2, 0) is 0 Å². The van der Waals surface area contributed by atoms with Crippen LogP contribution >= 0.6 is 0 Å². The smallest absolute Gasteiger partial charge is 0.457 e. The molecule has 0 unspecified atom stereocenters. The SMILES string of the molecule is C1=[N+](c2cccc(Oc3ccc4c5ccccc5n(-c5ccccn5)c4c3)c2)c2ccc3oc4ccccc4c3c2[N+]=1c1c(-c2ccccc2)cccc1-c1ccccc1. The molecule has 4 heterocycles. The van der Waals surface area contributed by atoms with Crippen molar-refractivity contribution in [3.63, 3.8) is 0 Å². The lowest BCUT2D eigenvalue weighted by atomic mass is 9.95. The fourth-order valence-corrected chi connectivity index (χ4v) is 8.81. The van der Waals surface area contributed by atoms with Crippen molar-refractivity contribution in [3.8, 4) is 39.6 Å². The van der Waals surface area contributed by atoms with E-state index >= 15 is 0 Å². The van der Waals surface area contributed by atoms with Crippen LogP contribution in [-0.4, -0.2) is 15.6 Å². The molecule has 60 heavy (non-hydrogen) atoms. The monoisotopic (exact) mass is 770 g/mol. The van der Waals surface area contributed by atoms with Gasteiger partial charge < -0.3 is 9.15 Å². The normalized spacial score (nSPS) is 12.3. The van der Waals surface area contributed by atoms with Crippen molar-refractivity contribution >= 4 is 72.5 Å². The van der Waals surface area contributed by atoms with Gasteiger partial charge in [0, 0.05) is 40.6 Å². The van der Waals surface area contributed by atoms with Crippen LogP contribution in [0.5, 0.6) is 11.5 Å². The molecule has 0 N–H and O–H groups in total. The Morgan fingerprint density at radius 1 is 0.483 bits per heavy atom. The van der Waals surface area contributed by atoms with Gasteiger partial charge >= 0.3 is 11.7 Å². The van der Waals surface area contributed by atoms with Crippen LogP contribution < -0.4 is 13.9 Å². The molecule has 0 amide bonds. The third-order valence-electron chi connectivity index (χ3n) is 11.4. The molecule has 0 spiro atoms. The molecule has 0 saturated heterocycles. The highest BCUT2D eigenvalue weighted by atomic mass is 16.5. The first-order valence-corrected chi connectivity index (χ1v) is 20.0. The quantitative estimate of drug-likeness (QED) is 0.152.